The molecule has 0 aromatic heterocycles. The number of nitrogens with one attached hydrogen (secondary N) is 1. The van der Waals surface area contributed by atoms with Gasteiger partial charge in [-0.25, -0.2) is 0 Å². The fourth-order valence-corrected chi connectivity index (χ4v) is 3.19. The fraction of sp³-hybridized carbons (Fsp3) is 0.429. The molecule has 1 N–H and O–H groups in total. The van der Waals surface area contributed by atoms with Gasteiger partial charge in [-0.1, -0.05) is 36.8 Å². The Bertz CT molecular complexity index is 474. The zero-order valence-electron chi connectivity index (χ0n) is 10.1. The summed E-state index contributed by atoms with van der Waals surface area (Å²) in [5, 5.41) is 3.91. The molecule has 1 saturated heterocycles. The summed E-state index contributed by atoms with van der Waals surface area (Å²) in [5.74, 6) is 0.325. The Labute approximate surface area is 112 Å². The molecule has 3 nitrogen and oxygen atoms in total. The van der Waals surface area contributed by atoms with Crippen molar-refractivity contribution < 1.29 is 4.79 Å². The van der Waals surface area contributed by atoms with E-state index in [0.717, 1.165) is 24.8 Å². The topological polar surface area (TPSA) is 32.3 Å². The second-order valence-corrected chi connectivity index (χ2v) is 5.39. The van der Waals surface area contributed by atoms with E-state index in [1.165, 1.54) is 0 Å². The predicted octanol–water partition coefficient (Wildman–Crippen LogP) is 2.07. The number of fused-ring (bicyclic) bond motifs is 1. The molecule has 94 valence electrons. The average Bonchev–Trinajstić information content (AvgIpc) is 2.84. The zero-order chi connectivity index (χ0) is 12.5. The molecule has 1 amide bonds. The Balaban J connectivity index is 1.79. The Kier molecular flexibility index (Phi) is 3.04. The predicted molar refractivity (Wildman–Crippen MR) is 73.9 cm³/mol. The molecule has 1 aliphatic carbocycles. The van der Waals surface area contributed by atoms with Crippen molar-refractivity contribution in [2.75, 3.05) is 0 Å². The summed E-state index contributed by atoms with van der Waals surface area (Å²) in [7, 11) is 0. The van der Waals surface area contributed by atoms with Crippen LogP contribution in [-0.4, -0.2) is 22.0 Å². The first-order valence-corrected chi connectivity index (χ1v) is 6.82. The molecule has 1 heterocycles. The quantitative estimate of drug-likeness (QED) is 0.826. The van der Waals surface area contributed by atoms with Gasteiger partial charge in [-0.15, -0.1) is 0 Å². The minimum absolute atomic E-state index is 0.125. The van der Waals surface area contributed by atoms with E-state index in [9.17, 15) is 4.79 Å². The number of hydrogen-bond donors (Lipinski definition) is 1. The smallest absolute Gasteiger partial charge is 0.234 e. The minimum atomic E-state index is 0.125. The molecule has 0 bridgehead atoms. The van der Waals surface area contributed by atoms with Crippen LogP contribution in [0.1, 0.15) is 24.8 Å². The van der Waals surface area contributed by atoms with Gasteiger partial charge < -0.3 is 5.32 Å². The third kappa shape index (κ3) is 2.01. The monoisotopic (exact) mass is 260 g/mol. The van der Waals surface area contributed by atoms with Crippen molar-refractivity contribution in [3.8, 4) is 0 Å². The molecule has 18 heavy (non-hydrogen) atoms. The van der Waals surface area contributed by atoms with Crippen molar-refractivity contribution >= 4 is 23.2 Å². The lowest BCUT2D eigenvalue weighted by atomic mass is 9.99. The van der Waals surface area contributed by atoms with Crippen LogP contribution < -0.4 is 5.32 Å². The van der Waals surface area contributed by atoms with Crippen molar-refractivity contribution in [3.63, 3.8) is 0 Å². The van der Waals surface area contributed by atoms with Crippen molar-refractivity contribution in [2.45, 2.75) is 31.8 Å². The Morgan fingerprint density at radius 3 is 2.83 bits per heavy atom. The highest BCUT2D eigenvalue weighted by molar-refractivity contribution is 7.80. The highest BCUT2D eigenvalue weighted by Gasteiger charge is 2.41. The van der Waals surface area contributed by atoms with Crippen molar-refractivity contribution in [3.05, 3.63) is 35.9 Å². The summed E-state index contributed by atoms with van der Waals surface area (Å²) in [6, 6.07) is 10.3. The third-order valence-electron chi connectivity index (χ3n) is 3.84. The Morgan fingerprint density at radius 2 is 2.06 bits per heavy atom. The van der Waals surface area contributed by atoms with Gasteiger partial charge in [0.15, 0.2) is 5.11 Å². The Morgan fingerprint density at radius 1 is 1.28 bits per heavy atom. The van der Waals surface area contributed by atoms with Crippen LogP contribution in [-0.2, 0) is 11.3 Å². The molecule has 1 aromatic carbocycles. The average molecular weight is 260 g/mol. The van der Waals surface area contributed by atoms with Crippen LogP contribution >= 0.6 is 12.2 Å². The zero-order valence-corrected chi connectivity index (χ0v) is 11.0. The maximum atomic E-state index is 12.4. The summed E-state index contributed by atoms with van der Waals surface area (Å²) in [4.78, 5) is 14.1. The highest BCUT2D eigenvalue weighted by Crippen LogP contribution is 2.31. The lowest BCUT2D eigenvalue weighted by Gasteiger charge is -2.36. The molecule has 1 aliphatic heterocycles. The van der Waals surface area contributed by atoms with Gasteiger partial charge >= 0.3 is 0 Å². The van der Waals surface area contributed by atoms with Crippen molar-refractivity contribution in [1.82, 2.24) is 10.2 Å². The number of hydrogen-bond acceptors (Lipinski definition) is 2. The molecule has 1 aromatic rings. The summed E-state index contributed by atoms with van der Waals surface area (Å²) < 4.78 is 0. The van der Waals surface area contributed by atoms with Gasteiger partial charge in [0.05, 0.1) is 12.5 Å². The Hall–Kier alpha value is -1.42. The lowest BCUT2D eigenvalue weighted by molar-refractivity contribution is -0.133. The molecule has 2 fully saturated rings. The number of thiocarbonyl (C=S) groups is 1. The van der Waals surface area contributed by atoms with Gasteiger partial charge in [0, 0.05) is 6.04 Å². The number of amides is 1. The number of benzene rings is 1. The van der Waals surface area contributed by atoms with Gasteiger partial charge in [0.1, 0.15) is 0 Å². The summed E-state index contributed by atoms with van der Waals surface area (Å²) >= 11 is 5.32. The second-order valence-electron chi connectivity index (χ2n) is 5.00. The van der Waals surface area contributed by atoms with Gasteiger partial charge in [-0.3, -0.25) is 9.69 Å². The molecule has 0 spiro atoms. The fourth-order valence-electron chi connectivity index (χ4n) is 2.88. The van der Waals surface area contributed by atoms with Gasteiger partial charge in [0.2, 0.25) is 5.91 Å². The normalized spacial score (nSPS) is 27.0. The van der Waals surface area contributed by atoms with Crippen LogP contribution in [0.2, 0.25) is 0 Å². The number of rotatable bonds is 2. The van der Waals surface area contributed by atoms with Crippen LogP contribution in [0.5, 0.6) is 0 Å². The molecule has 0 radical (unpaired) electrons. The maximum Gasteiger partial charge on any atom is 0.234 e. The molecular formula is C14H16N2OS. The molecule has 4 heteroatoms. The van der Waals surface area contributed by atoms with Crippen molar-refractivity contribution in [2.24, 2.45) is 5.92 Å². The van der Waals surface area contributed by atoms with E-state index in [4.69, 9.17) is 12.2 Å². The first-order chi connectivity index (χ1) is 8.75. The van der Waals surface area contributed by atoms with E-state index in [1.807, 2.05) is 30.3 Å². The van der Waals surface area contributed by atoms with E-state index in [-0.39, 0.29) is 17.9 Å². The molecule has 1 saturated carbocycles. The summed E-state index contributed by atoms with van der Waals surface area (Å²) in [6.07, 6.45) is 3.18. The number of carbonyl (C=O) groups is 1. The molecule has 3 rings (SSSR count). The van der Waals surface area contributed by atoms with Gasteiger partial charge in [-0.05, 0) is 30.6 Å². The van der Waals surface area contributed by atoms with E-state index in [1.54, 1.807) is 4.90 Å². The van der Waals surface area contributed by atoms with Gasteiger partial charge in [-0.2, -0.15) is 0 Å². The van der Waals surface area contributed by atoms with Crippen LogP contribution in [0.3, 0.4) is 0 Å². The van der Waals surface area contributed by atoms with Crippen LogP contribution in [0.4, 0.5) is 0 Å². The molecule has 0 unspecified atom stereocenters. The number of nitrogens with zero attached hydrogens (tertiary/aromatic N) is 1. The lowest BCUT2D eigenvalue weighted by Crippen LogP contribution is -2.57. The van der Waals surface area contributed by atoms with Crippen molar-refractivity contribution in [1.29, 1.82) is 0 Å². The van der Waals surface area contributed by atoms with Crippen LogP contribution in [0.25, 0.3) is 0 Å². The van der Waals surface area contributed by atoms with E-state index >= 15 is 0 Å². The third-order valence-corrected chi connectivity index (χ3v) is 4.17. The van der Waals surface area contributed by atoms with E-state index < -0.39 is 0 Å². The first kappa shape index (κ1) is 11.7. The van der Waals surface area contributed by atoms with E-state index in [0.29, 0.717) is 11.7 Å². The SMILES string of the molecule is O=C1[C@H]2CCC[C@H]2NC(=S)N1Cc1ccccc1. The molecular weight excluding hydrogens is 244 g/mol. The first-order valence-electron chi connectivity index (χ1n) is 6.41. The minimum Gasteiger partial charge on any atom is -0.359 e. The highest BCUT2D eigenvalue weighted by atomic mass is 32.1. The maximum absolute atomic E-state index is 12.4. The number of carbonyl (C=O) groups excluding carboxylic acids is 1. The summed E-state index contributed by atoms with van der Waals surface area (Å²) in [5.41, 5.74) is 1.12. The standard InChI is InChI=1S/C14H16N2OS/c17-13-11-7-4-8-12(11)15-14(18)16(13)9-10-5-2-1-3-6-10/h1-3,5-6,11-12H,4,7-9H2,(H,15,18)/t11-,12+/m0/s1. The molecule has 2 aliphatic rings. The van der Waals surface area contributed by atoms with Crippen LogP contribution in [0.15, 0.2) is 30.3 Å². The van der Waals surface area contributed by atoms with E-state index in [2.05, 4.69) is 5.32 Å². The van der Waals surface area contributed by atoms with Crippen LogP contribution in [0, 0.1) is 5.92 Å². The second kappa shape index (κ2) is 4.69. The van der Waals surface area contributed by atoms with Gasteiger partial charge in [0.25, 0.3) is 0 Å². The largest absolute Gasteiger partial charge is 0.359 e. The summed E-state index contributed by atoms with van der Waals surface area (Å²) in [6.45, 7) is 0.578. The molecule has 2 atom stereocenters.